The van der Waals surface area contributed by atoms with Gasteiger partial charge in [-0.25, -0.2) is 0 Å². The molecule has 0 saturated carbocycles. The first-order valence-corrected chi connectivity index (χ1v) is 10.9. The van der Waals surface area contributed by atoms with E-state index in [1.807, 2.05) is 41.2 Å². The molecule has 0 unspecified atom stereocenters. The first kappa shape index (κ1) is 19.6. The van der Waals surface area contributed by atoms with Crippen molar-refractivity contribution >= 4 is 17.2 Å². The lowest BCUT2D eigenvalue weighted by Gasteiger charge is -2.42. The van der Waals surface area contributed by atoms with Gasteiger partial charge < -0.3 is 14.5 Å². The number of carbonyl (C=O) groups excluding carboxylic acids is 1. The molecule has 28 heavy (non-hydrogen) atoms. The van der Waals surface area contributed by atoms with Crippen LogP contribution in [0.2, 0.25) is 0 Å². The van der Waals surface area contributed by atoms with Crippen molar-refractivity contribution in [2.24, 2.45) is 7.05 Å². The number of thiophene rings is 1. The van der Waals surface area contributed by atoms with Crippen LogP contribution in [-0.2, 0) is 11.8 Å². The van der Waals surface area contributed by atoms with Crippen molar-refractivity contribution in [1.29, 1.82) is 0 Å². The maximum Gasteiger partial charge on any atom is 0.255 e. The van der Waals surface area contributed by atoms with Gasteiger partial charge in [-0.2, -0.15) is 16.4 Å². The monoisotopic (exact) mass is 403 g/mol. The van der Waals surface area contributed by atoms with Gasteiger partial charge in [-0.15, -0.1) is 0 Å². The summed E-state index contributed by atoms with van der Waals surface area (Å²) < 4.78 is 8.04. The third kappa shape index (κ3) is 4.30. The lowest BCUT2D eigenvalue weighted by Crippen LogP contribution is -2.52. The van der Waals surface area contributed by atoms with E-state index in [0.717, 1.165) is 43.9 Å². The Bertz CT molecular complexity index is 777. The van der Waals surface area contributed by atoms with Gasteiger partial charge in [0, 0.05) is 50.4 Å². The Hall–Kier alpha value is -1.74. The Morgan fingerprint density at radius 3 is 2.89 bits per heavy atom. The van der Waals surface area contributed by atoms with Crippen molar-refractivity contribution in [3.63, 3.8) is 0 Å². The molecule has 2 fully saturated rings. The molecule has 4 heterocycles. The van der Waals surface area contributed by atoms with Gasteiger partial charge in [0.1, 0.15) is 0 Å². The Labute approximate surface area is 170 Å². The molecule has 2 aromatic rings. The van der Waals surface area contributed by atoms with Gasteiger partial charge in [0.15, 0.2) is 0 Å². The lowest BCUT2D eigenvalue weighted by molar-refractivity contribution is -0.0723. The van der Waals surface area contributed by atoms with Crippen LogP contribution in [0.15, 0.2) is 29.2 Å². The van der Waals surface area contributed by atoms with Crippen molar-refractivity contribution < 1.29 is 9.53 Å². The number of aromatic nitrogens is 2. The predicted octanol–water partition coefficient (Wildman–Crippen LogP) is 1.70. The number of amides is 1. The number of nitrogens with zero attached hydrogens (tertiary/aromatic N) is 5. The summed E-state index contributed by atoms with van der Waals surface area (Å²) in [7, 11) is 4.10. The third-order valence-electron chi connectivity index (χ3n) is 5.70. The van der Waals surface area contributed by atoms with Crippen LogP contribution < -0.4 is 0 Å². The average Bonchev–Trinajstić information content (AvgIpc) is 3.33. The van der Waals surface area contributed by atoms with E-state index >= 15 is 0 Å². The van der Waals surface area contributed by atoms with Gasteiger partial charge in [0.2, 0.25) is 0 Å². The van der Waals surface area contributed by atoms with Crippen molar-refractivity contribution in [3.8, 4) is 0 Å². The molecular weight excluding hydrogens is 374 g/mol. The number of morpholine rings is 1. The third-order valence-corrected chi connectivity index (χ3v) is 6.38. The van der Waals surface area contributed by atoms with E-state index in [1.165, 1.54) is 6.42 Å². The van der Waals surface area contributed by atoms with Gasteiger partial charge in [-0.1, -0.05) is 0 Å². The SMILES string of the molecule is CN1CCCN(C[C@@H]2OCCN(C(=O)c3ccsc3)[C@H]2c2cnn(C)c2)CC1. The molecular formula is C20H29N5O2S. The quantitative estimate of drug-likeness (QED) is 0.778. The second-order valence-electron chi connectivity index (χ2n) is 7.77. The van der Waals surface area contributed by atoms with E-state index in [2.05, 4.69) is 21.9 Å². The summed E-state index contributed by atoms with van der Waals surface area (Å²) in [6.45, 7) is 6.33. The summed E-state index contributed by atoms with van der Waals surface area (Å²) >= 11 is 1.56. The van der Waals surface area contributed by atoms with Crippen LogP contribution in [0.5, 0.6) is 0 Å². The average molecular weight is 404 g/mol. The Balaban J connectivity index is 1.57. The van der Waals surface area contributed by atoms with Crippen molar-refractivity contribution in [1.82, 2.24) is 24.5 Å². The molecule has 4 rings (SSSR count). The summed E-state index contributed by atoms with van der Waals surface area (Å²) in [4.78, 5) is 20.1. The van der Waals surface area contributed by atoms with Crippen LogP contribution >= 0.6 is 11.3 Å². The molecule has 2 aliphatic heterocycles. The van der Waals surface area contributed by atoms with Crippen LogP contribution in [0.25, 0.3) is 0 Å². The summed E-state index contributed by atoms with van der Waals surface area (Å²) in [5.41, 5.74) is 1.80. The van der Waals surface area contributed by atoms with E-state index in [-0.39, 0.29) is 18.1 Å². The van der Waals surface area contributed by atoms with Crippen molar-refractivity contribution in [2.45, 2.75) is 18.6 Å². The summed E-state index contributed by atoms with van der Waals surface area (Å²) in [6.07, 6.45) is 4.99. The minimum atomic E-state index is -0.115. The smallest absolute Gasteiger partial charge is 0.255 e. The first-order valence-electron chi connectivity index (χ1n) is 9.96. The summed E-state index contributed by atoms with van der Waals surface area (Å²) in [5.74, 6) is 0.0824. The van der Waals surface area contributed by atoms with Crippen LogP contribution in [0.4, 0.5) is 0 Å². The van der Waals surface area contributed by atoms with E-state index in [0.29, 0.717) is 13.2 Å². The summed E-state index contributed by atoms with van der Waals surface area (Å²) in [5, 5.41) is 8.24. The maximum atomic E-state index is 13.2. The maximum absolute atomic E-state index is 13.2. The normalized spacial score (nSPS) is 25.0. The lowest BCUT2D eigenvalue weighted by atomic mass is 9.99. The molecule has 0 spiro atoms. The molecule has 0 aromatic carbocycles. The number of carbonyl (C=O) groups is 1. The zero-order valence-corrected chi connectivity index (χ0v) is 17.5. The van der Waals surface area contributed by atoms with Crippen molar-refractivity contribution in [3.05, 3.63) is 40.3 Å². The Kier molecular flexibility index (Phi) is 6.10. The number of ether oxygens (including phenoxy) is 1. The number of likely N-dealkylation sites (N-methyl/N-ethyl adjacent to an activating group) is 1. The Morgan fingerprint density at radius 2 is 2.14 bits per heavy atom. The number of rotatable bonds is 4. The first-order chi connectivity index (χ1) is 13.6. The highest BCUT2D eigenvalue weighted by molar-refractivity contribution is 7.08. The molecule has 2 aromatic heterocycles. The van der Waals surface area contributed by atoms with E-state index < -0.39 is 0 Å². The molecule has 0 aliphatic carbocycles. The second-order valence-corrected chi connectivity index (χ2v) is 8.55. The number of aryl methyl sites for hydroxylation is 1. The van der Waals surface area contributed by atoms with Gasteiger partial charge in [0.25, 0.3) is 5.91 Å². The van der Waals surface area contributed by atoms with Crippen LogP contribution in [0.3, 0.4) is 0 Å². The highest BCUT2D eigenvalue weighted by Gasteiger charge is 2.38. The molecule has 1 amide bonds. The molecule has 2 saturated heterocycles. The topological polar surface area (TPSA) is 53.8 Å². The van der Waals surface area contributed by atoms with Gasteiger partial charge >= 0.3 is 0 Å². The fourth-order valence-electron chi connectivity index (χ4n) is 4.19. The largest absolute Gasteiger partial charge is 0.373 e. The fraction of sp³-hybridized carbons (Fsp3) is 0.600. The number of hydrogen-bond acceptors (Lipinski definition) is 6. The van der Waals surface area contributed by atoms with Crippen LogP contribution in [0, 0.1) is 0 Å². The van der Waals surface area contributed by atoms with Gasteiger partial charge in [-0.05, 0) is 38.0 Å². The molecule has 8 heteroatoms. The zero-order chi connectivity index (χ0) is 19.5. The highest BCUT2D eigenvalue weighted by Crippen LogP contribution is 2.32. The fourth-order valence-corrected chi connectivity index (χ4v) is 4.82. The van der Waals surface area contributed by atoms with E-state index in [1.54, 1.807) is 16.0 Å². The minimum Gasteiger partial charge on any atom is -0.373 e. The zero-order valence-electron chi connectivity index (χ0n) is 16.7. The minimum absolute atomic E-state index is 0.0519. The molecule has 2 aliphatic rings. The predicted molar refractivity (Wildman–Crippen MR) is 110 cm³/mol. The second kappa shape index (κ2) is 8.73. The summed E-state index contributed by atoms with van der Waals surface area (Å²) in [6, 6.07) is 1.79. The molecule has 2 atom stereocenters. The molecule has 0 bridgehead atoms. The molecule has 0 radical (unpaired) electrons. The molecule has 0 N–H and O–H groups in total. The molecule has 152 valence electrons. The number of hydrogen-bond donors (Lipinski definition) is 0. The van der Waals surface area contributed by atoms with Crippen molar-refractivity contribution in [2.75, 3.05) is 52.9 Å². The Morgan fingerprint density at radius 1 is 1.25 bits per heavy atom. The van der Waals surface area contributed by atoms with Gasteiger partial charge in [0.05, 0.1) is 30.5 Å². The van der Waals surface area contributed by atoms with E-state index in [4.69, 9.17) is 4.74 Å². The molecule has 7 nitrogen and oxygen atoms in total. The van der Waals surface area contributed by atoms with Gasteiger partial charge in [-0.3, -0.25) is 14.4 Å². The van der Waals surface area contributed by atoms with Crippen LogP contribution in [-0.4, -0.2) is 89.4 Å². The standard InChI is InChI=1S/C20H29N5O2S/c1-22-5-3-6-24(8-7-22)14-18-19(17-12-21-23(2)13-17)25(9-10-27-18)20(26)16-4-11-28-15-16/h4,11-13,15,18-19H,3,5-10,14H2,1-2H3/t18-,19-/m0/s1. The highest BCUT2D eigenvalue weighted by atomic mass is 32.1. The van der Waals surface area contributed by atoms with Crippen LogP contribution in [0.1, 0.15) is 28.4 Å². The van der Waals surface area contributed by atoms with E-state index in [9.17, 15) is 4.79 Å².